The predicted octanol–water partition coefficient (Wildman–Crippen LogP) is 3.94. The van der Waals surface area contributed by atoms with Crippen LogP contribution in [0.25, 0.3) is 0 Å². The number of alkyl halides is 2. The Bertz CT molecular complexity index is 487. The van der Waals surface area contributed by atoms with Crippen LogP contribution in [0.2, 0.25) is 5.02 Å². The van der Waals surface area contributed by atoms with Crippen LogP contribution in [0.15, 0.2) is 18.2 Å². The molecule has 1 aromatic carbocycles. The van der Waals surface area contributed by atoms with Gasteiger partial charge >= 0.3 is 5.97 Å². The van der Waals surface area contributed by atoms with Crippen molar-refractivity contribution in [1.82, 2.24) is 0 Å². The zero-order valence-electron chi connectivity index (χ0n) is 10.8. The van der Waals surface area contributed by atoms with Gasteiger partial charge in [-0.3, -0.25) is 4.79 Å². The number of benzene rings is 1. The topological polar surface area (TPSA) is 46.5 Å². The molecule has 0 unspecified atom stereocenters. The monoisotopic (exact) mass is 292 g/mol. The van der Waals surface area contributed by atoms with Crippen LogP contribution < -0.4 is 4.74 Å². The molecule has 0 fully saturated rings. The molecule has 1 aromatic rings. The van der Waals surface area contributed by atoms with Crippen LogP contribution in [0.3, 0.4) is 0 Å². The smallest absolute Gasteiger partial charge is 0.309 e. The van der Waals surface area contributed by atoms with E-state index in [9.17, 15) is 13.6 Å². The zero-order chi connectivity index (χ0) is 14.8. The van der Waals surface area contributed by atoms with Crippen molar-refractivity contribution in [3.8, 4) is 5.75 Å². The largest absolute Gasteiger partial charge is 0.495 e. The third-order valence-electron chi connectivity index (χ3n) is 2.82. The molecule has 0 spiro atoms. The van der Waals surface area contributed by atoms with Gasteiger partial charge in [0.1, 0.15) is 5.75 Å². The molecule has 0 aliphatic heterocycles. The number of ether oxygens (including phenoxy) is 1. The third kappa shape index (κ3) is 3.56. The fourth-order valence-corrected chi connectivity index (χ4v) is 1.88. The van der Waals surface area contributed by atoms with Gasteiger partial charge in [0.15, 0.2) is 0 Å². The van der Waals surface area contributed by atoms with Crippen LogP contribution >= 0.6 is 11.6 Å². The van der Waals surface area contributed by atoms with E-state index in [1.54, 1.807) is 0 Å². The normalized spacial score (nSPS) is 12.3. The lowest BCUT2D eigenvalue weighted by Gasteiger charge is -2.26. The van der Waals surface area contributed by atoms with Crippen molar-refractivity contribution < 1.29 is 23.4 Å². The molecule has 0 aliphatic rings. The van der Waals surface area contributed by atoms with Gasteiger partial charge < -0.3 is 9.84 Å². The maximum absolute atomic E-state index is 14.1. The third-order valence-corrected chi connectivity index (χ3v) is 3.11. The van der Waals surface area contributed by atoms with Gasteiger partial charge in [-0.05, 0) is 32.0 Å². The molecule has 0 atom stereocenters. The Morgan fingerprint density at radius 2 is 2.00 bits per heavy atom. The van der Waals surface area contributed by atoms with Gasteiger partial charge in [-0.25, -0.2) is 8.78 Å². The van der Waals surface area contributed by atoms with Crippen LogP contribution in [0.4, 0.5) is 8.78 Å². The first-order valence-electron chi connectivity index (χ1n) is 5.55. The highest BCUT2D eigenvalue weighted by atomic mass is 35.5. The molecule has 0 bridgehead atoms. The predicted molar refractivity (Wildman–Crippen MR) is 67.9 cm³/mol. The fourth-order valence-electron chi connectivity index (χ4n) is 1.63. The summed E-state index contributed by atoms with van der Waals surface area (Å²) in [6.45, 7) is 2.52. The molecule has 0 saturated carbocycles. The molecule has 0 radical (unpaired) electrons. The highest BCUT2D eigenvalue weighted by molar-refractivity contribution is 6.32. The van der Waals surface area contributed by atoms with Gasteiger partial charge in [0.25, 0.3) is 5.92 Å². The summed E-state index contributed by atoms with van der Waals surface area (Å²) in [5, 5.41) is 8.97. The number of halogens is 3. The first-order chi connectivity index (χ1) is 8.60. The maximum Gasteiger partial charge on any atom is 0.309 e. The summed E-state index contributed by atoms with van der Waals surface area (Å²) >= 11 is 5.79. The van der Waals surface area contributed by atoms with E-state index < -0.39 is 23.7 Å². The number of methoxy groups -OCH3 is 1. The van der Waals surface area contributed by atoms with Crippen LogP contribution in [0.1, 0.15) is 25.8 Å². The second-order valence-corrected chi connectivity index (χ2v) is 5.33. The van der Waals surface area contributed by atoms with Crippen LogP contribution in [0, 0.1) is 5.41 Å². The molecule has 1 N–H and O–H groups in total. The van der Waals surface area contributed by atoms with Crippen LogP contribution in [-0.4, -0.2) is 18.2 Å². The molecule has 19 heavy (non-hydrogen) atoms. The first-order valence-corrected chi connectivity index (χ1v) is 5.93. The number of hydrogen-bond acceptors (Lipinski definition) is 2. The molecule has 0 aromatic heterocycles. The lowest BCUT2D eigenvalue weighted by molar-refractivity contribution is -0.153. The lowest BCUT2D eigenvalue weighted by Crippen LogP contribution is -2.31. The first kappa shape index (κ1) is 15.7. The number of carboxylic acid groups (broad SMARTS) is 1. The maximum atomic E-state index is 14.1. The van der Waals surface area contributed by atoms with Gasteiger partial charge in [0, 0.05) is 12.0 Å². The van der Waals surface area contributed by atoms with E-state index >= 15 is 0 Å². The Labute approximate surface area is 115 Å². The van der Waals surface area contributed by atoms with E-state index in [0.29, 0.717) is 5.75 Å². The van der Waals surface area contributed by atoms with Gasteiger partial charge in [0.05, 0.1) is 17.5 Å². The lowest BCUT2D eigenvalue weighted by atomic mass is 9.84. The van der Waals surface area contributed by atoms with Crippen molar-refractivity contribution in [2.24, 2.45) is 5.41 Å². The van der Waals surface area contributed by atoms with Gasteiger partial charge in [-0.15, -0.1) is 0 Å². The number of hydrogen-bond donors (Lipinski definition) is 1. The van der Waals surface area contributed by atoms with Gasteiger partial charge in [-0.2, -0.15) is 0 Å². The molecule has 1 rings (SSSR count). The number of carbonyl (C=O) groups is 1. The molecular weight excluding hydrogens is 278 g/mol. The Balaban J connectivity index is 3.07. The van der Waals surface area contributed by atoms with E-state index in [1.807, 2.05) is 0 Å². The summed E-state index contributed by atoms with van der Waals surface area (Å²) in [6.07, 6.45) is -0.808. The fraction of sp³-hybridized carbons (Fsp3) is 0.462. The molecular formula is C13H15ClF2O3. The molecule has 0 amide bonds. The summed E-state index contributed by atoms with van der Waals surface area (Å²) in [5.41, 5.74) is -1.86. The molecule has 3 nitrogen and oxygen atoms in total. The van der Waals surface area contributed by atoms with Gasteiger partial charge in [-0.1, -0.05) is 11.6 Å². The van der Waals surface area contributed by atoms with Crippen molar-refractivity contribution in [2.75, 3.05) is 7.11 Å². The minimum absolute atomic E-state index is 0.0628. The summed E-state index contributed by atoms with van der Waals surface area (Å²) in [6, 6.07) is 3.61. The molecule has 106 valence electrons. The SMILES string of the molecule is COc1ccc(C(F)(F)CC(C)(C)C(=O)O)cc1Cl. The summed E-state index contributed by atoms with van der Waals surface area (Å²) in [7, 11) is 1.38. The van der Waals surface area contributed by atoms with E-state index in [4.69, 9.17) is 21.4 Å². The van der Waals surface area contributed by atoms with Crippen molar-refractivity contribution in [1.29, 1.82) is 0 Å². The Morgan fingerprint density at radius 1 is 1.42 bits per heavy atom. The van der Waals surface area contributed by atoms with Gasteiger partial charge in [0.2, 0.25) is 0 Å². The van der Waals surface area contributed by atoms with Crippen LogP contribution in [0.5, 0.6) is 5.75 Å². The highest BCUT2D eigenvalue weighted by Gasteiger charge is 2.42. The standard InChI is InChI=1S/C13H15ClF2O3/c1-12(2,11(17)18)7-13(15,16)8-4-5-10(19-3)9(14)6-8/h4-6H,7H2,1-3H3,(H,17,18). The van der Waals surface area contributed by atoms with E-state index in [0.717, 1.165) is 6.07 Å². The molecule has 0 heterocycles. The zero-order valence-corrected chi connectivity index (χ0v) is 11.6. The number of carboxylic acids is 1. The van der Waals surface area contributed by atoms with Crippen molar-refractivity contribution in [3.05, 3.63) is 28.8 Å². The average molecular weight is 293 g/mol. The quantitative estimate of drug-likeness (QED) is 0.894. The Morgan fingerprint density at radius 3 is 2.42 bits per heavy atom. The van der Waals surface area contributed by atoms with Crippen LogP contribution in [-0.2, 0) is 10.7 Å². The van der Waals surface area contributed by atoms with E-state index in [2.05, 4.69) is 0 Å². The average Bonchev–Trinajstić information content (AvgIpc) is 2.27. The minimum atomic E-state index is -3.28. The second-order valence-electron chi connectivity index (χ2n) is 4.92. The number of rotatable bonds is 5. The molecule has 6 heteroatoms. The Hall–Kier alpha value is -1.36. The summed E-state index contributed by atoms with van der Waals surface area (Å²) in [5.74, 6) is -4.26. The summed E-state index contributed by atoms with van der Waals surface area (Å²) < 4.78 is 33.0. The highest BCUT2D eigenvalue weighted by Crippen LogP contribution is 2.41. The van der Waals surface area contributed by atoms with Crippen molar-refractivity contribution in [3.63, 3.8) is 0 Å². The molecule has 0 saturated heterocycles. The number of aliphatic carboxylic acids is 1. The van der Waals surface area contributed by atoms with Crippen molar-refractivity contribution in [2.45, 2.75) is 26.2 Å². The van der Waals surface area contributed by atoms with Crippen molar-refractivity contribution >= 4 is 17.6 Å². The summed E-state index contributed by atoms with van der Waals surface area (Å²) in [4.78, 5) is 10.9. The molecule has 0 aliphatic carbocycles. The minimum Gasteiger partial charge on any atom is -0.495 e. The van der Waals surface area contributed by atoms with E-state index in [-0.39, 0.29) is 10.6 Å². The van der Waals surface area contributed by atoms with E-state index in [1.165, 1.54) is 33.1 Å². The second kappa shape index (κ2) is 5.33. The Kier molecular flexibility index (Phi) is 4.40.